The van der Waals surface area contributed by atoms with Crippen molar-refractivity contribution in [2.45, 2.75) is 13.5 Å². The van der Waals surface area contributed by atoms with E-state index in [2.05, 4.69) is 15.9 Å². The third-order valence-electron chi connectivity index (χ3n) is 3.20. The van der Waals surface area contributed by atoms with Crippen molar-refractivity contribution < 1.29 is 18.7 Å². The first-order valence-electron chi connectivity index (χ1n) is 7.49. The van der Waals surface area contributed by atoms with Crippen molar-refractivity contribution >= 4 is 28.0 Å². The highest BCUT2D eigenvalue weighted by atomic mass is 79.9. The van der Waals surface area contributed by atoms with Crippen molar-refractivity contribution in [1.29, 1.82) is 5.26 Å². The molecule has 4 nitrogen and oxygen atoms in total. The van der Waals surface area contributed by atoms with Crippen LogP contribution in [-0.2, 0) is 16.1 Å². The minimum absolute atomic E-state index is 0.119. The Kier molecular flexibility index (Phi) is 6.72. The summed E-state index contributed by atoms with van der Waals surface area (Å²) in [6.45, 7) is 2.08. The van der Waals surface area contributed by atoms with E-state index in [9.17, 15) is 14.4 Å². The highest BCUT2D eigenvalue weighted by molar-refractivity contribution is 9.10. The summed E-state index contributed by atoms with van der Waals surface area (Å²) in [7, 11) is 0. The van der Waals surface area contributed by atoms with Gasteiger partial charge in [-0.05, 0) is 48.9 Å². The van der Waals surface area contributed by atoms with E-state index in [1.165, 1.54) is 18.2 Å². The van der Waals surface area contributed by atoms with Gasteiger partial charge in [0.05, 0.1) is 6.61 Å². The molecular formula is C19H15BrFNO3. The fourth-order valence-electron chi connectivity index (χ4n) is 2.01. The van der Waals surface area contributed by atoms with Crippen LogP contribution in [0.25, 0.3) is 6.08 Å². The lowest BCUT2D eigenvalue weighted by Crippen LogP contribution is -2.06. The summed E-state index contributed by atoms with van der Waals surface area (Å²) >= 11 is 3.35. The Hall–Kier alpha value is -2.65. The van der Waals surface area contributed by atoms with E-state index >= 15 is 0 Å². The van der Waals surface area contributed by atoms with Gasteiger partial charge in [-0.1, -0.05) is 28.1 Å². The summed E-state index contributed by atoms with van der Waals surface area (Å²) in [6.07, 6.45) is 1.42. The number of rotatable bonds is 6. The Labute approximate surface area is 153 Å². The van der Waals surface area contributed by atoms with Crippen LogP contribution in [0.4, 0.5) is 4.39 Å². The predicted octanol–water partition coefficient (Wildman–Crippen LogP) is 4.64. The Bertz CT molecular complexity index is 826. The molecule has 0 radical (unpaired) electrons. The number of benzene rings is 2. The van der Waals surface area contributed by atoms with E-state index in [0.717, 1.165) is 10.0 Å². The minimum atomic E-state index is -0.686. The maximum Gasteiger partial charge on any atom is 0.348 e. The number of carbonyl (C=O) groups is 1. The third-order valence-corrected chi connectivity index (χ3v) is 3.69. The first kappa shape index (κ1) is 18.7. The van der Waals surface area contributed by atoms with E-state index in [4.69, 9.17) is 9.47 Å². The first-order valence-corrected chi connectivity index (χ1v) is 8.28. The highest BCUT2D eigenvalue weighted by Crippen LogP contribution is 2.26. The third kappa shape index (κ3) is 5.44. The predicted molar refractivity (Wildman–Crippen MR) is 95.1 cm³/mol. The number of halogens is 2. The molecular weight excluding hydrogens is 389 g/mol. The summed E-state index contributed by atoms with van der Waals surface area (Å²) in [4.78, 5) is 11.8. The van der Waals surface area contributed by atoms with Gasteiger partial charge in [-0.15, -0.1) is 0 Å². The number of hydrogen-bond donors (Lipinski definition) is 0. The first-order chi connectivity index (χ1) is 12.0. The molecule has 128 valence electrons. The SMILES string of the molecule is CCOC(=O)C(C#N)=Cc1cc(Br)ccc1OCc1ccc(F)cc1. The Morgan fingerprint density at radius 2 is 2.00 bits per heavy atom. The maximum absolute atomic E-state index is 13.0. The summed E-state index contributed by atoms with van der Waals surface area (Å²) in [5.74, 6) is -0.511. The topological polar surface area (TPSA) is 59.3 Å². The fraction of sp³-hybridized carbons (Fsp3) is 0.158. The lowest BCUT2D eigenvalue weighted by atomic mass is 10.1. The normalized spacial score (nSPS) is 10.9. The van der Waals surface area contributed by atoms with Gasteiger partial charge in [0.1, 0.15) is 29.8 Å². The molecule has 0 saturated heterocycles. The molecule has 0 aliphatic carbocycles. The van der Waals surface area contributed by atoms with Gasteiger partial charge in [0, 0.05) is 10.0 Å². The summed E-state index contributed by atoms with van der Waals surface area (Å²) < 4.78 is 24.3. The molecule has 2 aromatic rings. The van der Waals surface area contributed by atoms with Gasteiger partial charge in [0.2, 0.25) is 0 Å². The van der Waals surface area contributed by atoms with E-state index in [1.54, 1.807) is 37.3 Å². The molecule has 0 aliphatic heterocycles. The molecule has 2 rings (SSSR count). The second kappa shape index (κ2) is 9.00. The Balaban J connectivity index is 2.26. The molecule has 0 heterocycles. The zero-order valence-electron chi connectivity index (χ0n) is 13.5. The standard InChI is InChI=1S/C19H15BrFNO3/c1-2-24-19(23)15(11-22)9-14-10-16(20)5-8-18(14)25-12-13-3-6-17(21)7-4-13/h3-10H,2,12H2,1H3. The van der Waals surface area contributed by atoms with Crippen molar-refractivity contribution in [2.75, 3.05) is 6.61 Å². The van der Waals surface area contributed by atoms with Crippen LogP contribution in [0.15, 0.2) is 52.5 Å². The average Bonchev–Trinajstić information content (AvgIpc) is 2.60. The Morgan fingerprint density at radius 3 is 2.64 bits per heavy atom. The van der Waals surface area contributed by atoms with Crippen LogP contribution in [0, 0.1) is 17.1 Å². The number of esters is 1. The second-order valence-corrected chi connectivity index (χ2v) is 5.90. The lowest BCUT2D eigenvalue weighted by molar-refractivity contribution is -0.137. The van der Waals surface area contributed by atoms with E-state index in [0.29, 0.717) is 11.3 Å². The van der Waals surface area contributed by atoms with Gasteiger partial charge in [-0.25, -0.2) is 9.18 Å². The molecule has 0 unspecified atom stereocenters. The molecule has 0 atom stereocenters. The van der Waals surface area contributed by atoms with Crippen LogP contribution >= 0.6 is 15.9 Å². The van der Waals surface area contributed by atoms with Crippen molar-refractivity contribution in [3.05, 3.63) is 69.5 Å². The Morgan fingerprint density at radius 1 is 1.28 bits per heavy atom. The van der Waals surface area contributed by atoms with Crippen molar-refractivity contribution in [3.63, 3.8) is 0 Å². The molecule has 2 aromatic carbocycles. The van der Waals surface area contributed by atoms with Gasteiger partial charge >= 0.3 is 5.97 Å². The largest absolute Gasteiger partial charge is 0.488 e. The van der Waals surface area contributed by atoms with Crippen LogP contribution in [0.3, 0.4) is 0 Å². The molecule has 0 spiro atoms. The number of hydrogen-bond acceptors (Lipinski definition) is 4. The molecule has 0 fully saturated rings. The molecule has 25 heavy (non-hydrogen) atoms. The van der Waals surface area contributed by atoms with E-state index in [-0.39, 0.29) is 24.6 Å². The summed E-state index contributed by atoms with van der Waals surface area (Å²) in [6, 6.07) is 13.0. The fourth-order valence-corrected chi connectivity index (χ4v) is 2.39. The number of ether oxygens (including phenoxy) is 2. The summed E-state index contributed by atoms with van der Waals surface area (Å²) in [5.41, 5.74) is 1.23. The van der Waals surface area contributed by atoms with Crippen molar-refractivity contribution in [1.82, 2.24) is 0 Å². The molecule has 0 bridgehead atoms. The second-order valence-electron chi connectivity index (χ2n) is 4.99. The van der Waals surface area contributed by atoms with Crippen LogP contribution in [0.2, 0.25) is 0 Å². The van der Waals surface area contributed by atoms with Crippen LogP contribution < -0.4 is 4.74 Å². The van der Waals surface area contributed by atoms with Gasteiger partial charge in [-0.3, -0.25) is 0 Å². The molecule has 0 N–H and O–H groups in total. The van der Waals surface area contributed by atoms with Gasteiger partial charge in [0.15, 0.2) is 0 Å². The maximum atomic E-state index is 13.0. The lowest BCUT2D eigenvalue weighted by Gasteiger charge is -2.10. The molecule has 6 heteroatoms. The summed E-state index contributed by atoms with van der Waals surface area (Å²) in [5, 5.41) is 9.17. The quantitative estimate of drug-likeness (QED) is 0.400. The molecule has 0 aliphatic rings. The molecule has 0 amide bonds. The minimum Gasteiger partial charge on any atom is -0.488 e. The highest BCUT2D eigenvalue weighted by Gasteiger charge is 2.12. The number of nitrogens with zero attached hydrogens (tertiary/aromatic N) is 1. The molecule has 0 aromatic heterocycles. The van der Waals surface area contributed by atoms with E-state index < -0.39 is 5.97 Å². The zero-order chi connectivity index (χ0) is 18.2. The van der Waals surface area contributed by atoms with Crippen LogP contribution in [0.1, 0.15) is 18.1 Å². The number of carbonyl (C=O) groups excluding carboxylic acids is 1. The van der Waals surface area contributed by atoms with Crippen molar-refractivity contribution in [3.8, 4) is 11.8 Å². The van der Waals surface area contributed by atoms with Gasteiger partial charge in [0.25, 0.3) is 0 Å². The monoisotopic (exact) mass is 403 g/mol. The van der Waals surface area contributed by atoms with Crippen LogP contribution in [0.5, 0.6) is 5.75 Å². The molecule has 0 saturated carbocycles. The van der Waals surface area contributed by atoms with Crippen LogP contribution in [-0.4, -0.2) is 12.6 Å². The van der Waals surface area contributed by atoms with Crippen molar-refractivity contribution in [2.24, 2.45) is 0 Å². The van der Waals surface area contributed by atoms with E-state index in [1.807, 2.05) is 6.07 Å². The van der Waals surface area contributed by atoms with Gasteiger partial charge in [-0.2, -0.15) is 5.26 Å². The number of nitriles is 1. The average molecular weight is 404 g/mol. The smallest absolute Gasteiger partial charge is 0.348 e. The zero-order valence-corrected chi connectivity index (χ0v) is 15.0. The van der Waals surface area contributed by atoms with Gasteiger partial charge < -0.3 is 9.47 Å².